The highest BCUT2D eigenvalue weighted by Crippen LogP contribution is 2.39. The summed E-state index contributed by atoms with van der Waals surface area (Å²) >= 11 is 1.61. The van der Waals surface area contributed by atoms with Crippen LogP contribution in [0.3, 0.4) is 0 Å². The van der Waals surface area contributed by atoms with Gasteiger partial charge in [0, 0.05) is 69.4 Å². The van der Waals surface area contributed by atoms with E-state index in [-0.39, 0.29) is 49.1 Å². The first-order chi connectivity index (χ1) is 37.8. The number of unbranched alkanes of at least 4 members (excludes halogenated alkanes) is 5. The Morgan fingerprint density at radius 1 is 0.821 bits per heavy atom. The van der Waals surface area contributed by atoms with E-state index in [1.807, 2.05) is 68.9 Å². The molecule has 78 heavy (non-hydrogen) atoms. The number of hydrogen-bond donors (Lipinski definition) is 6. The summed E-state index contributed by atoms with van der Waals surface area (Å²) in [6.45, 7) is 13.0. The molecule has 3 saturated heterocycles. The molecular formula is C59H75FN12O5S. The Morgan fingerprint density at radius 3 is 2.27 bits per heavy atom. The van der Waals surface area contributed by atoms with E-state index in [2.05, 4.69) is 52.0 Å². The first kappa shape index (κ1) is 55.1. The van der Waals surface area contributed by atoms with Gasteiger partial charge in [0.15, 0.2) is 5.78 Å². The molecule has 5 atom stereocenters. The highest BCUT2D eigenvalue weighted by atomic mass is 32.1. The molecule has 2 aromatic carbocycles. The maximum Gasteiger partial charge on any atom is 0.229 e. The number of aromatic nitrogens is 5. The summed E-state index contributed by atoms with van der Waals surface area (Å²) in [6.07, 6.45) is 12.7. The summed E-state index contributed by atoms with van der Waals surface area (Å²) < 4.78 is 20.0. The largest absolute Gasteiger partial charge is 0.396 e. The van der Waals surface area contributed by atoms with Crippen LogP contribution in [0.1, 0.15) is 95.7 Å². The molecule has 1 amide bonds. The number of ketones is 1. The number of halogens is 1. The van der Waals surface area contributed by atoms with Gasteiger partial charge in [0.2, 0.25) is 11.9 Å². The Morgan fingerprint density at radius 2 is 1.55 bits per heavy atom. The number of aliphatic hydroxyl groups is 2. The zero-order valence-corrected chi connectivity index (χ0v) is 46.0. The first-order valence-corrected chi connectivity index (χ1v) is 28.9. The summed E-state index contributed by atoms with van der Waals surface area (Å²) in [4.78, 5) is 59.5. The number of aliphatic hydroxyl groups excluding tert-OH is 2. The summed E-state index contributed by atoms with van der Waals surface area (Å²) in [7, 11) is 0. The van der Waals surface area contributed by atoms with E-state index in [1.54, 1.807) is 29.7 Å². The number of nitrogens with one attached hydrogen (secondary N) is 4. The third-order valence-electron chi connectivity index (χ3n) is 16.2. The van der Waals surface area contributed by atoms with Crippen molar-refractivity contribution in [3.63, 3.8) is 0 Å². The van der Waals surface area contributed by atoms with Crippen molar-refractivity contribution in [3.8, 4) is 10.4 Å². The van der Waals surface area contributed by atoms with Gasteiger partial charge in [-0.15, -0.1) is 11.3 Å². The Kier molecular flexibility index (Phi) is 17.9. The lowest BCUT2D eigenvalue weighted by atomic mass is 9.83. The van der Waals surface area contributed by atoms with Crippen molar-refractivity contribution in [2.45, 2.75) is 122 Å². The van der Waals surface area contributed by atoms with Crippen molar-refractivity contribution in [2.75, 3.05) is 72.9 Å². The quantitative estimate of drug-likeness (QED) is 0.0351. The Labute approximate surface area is 460 Å². The normalized spacial score (nSPS) is 21.8. The number of piperazine rings is 1. The summed E-state index contributed by atoms with van der Waals surface area (Å²) in [5.41, 5.74) is 6.64. The third kappa shape index (κ3) is 13.6. The van der Waals surface area contributed by atoms with Crippen molar-refractivity contribution >= 4 is 68.7 Å². The van der Waals surface area contributed by atoms with E-state index in [4.69, 9.17) is 19.7 Å². The van der Waals surface area contributed by atoms with Gasteiger partial charge in [-0.1, -0.05) is 49.9 Å². The van der Waals surface area contributed by atoms with Crippen LogP contribution in [0, 0.1) is 30.5 Å². The SMILES string of the molecule is Cc1ncsc1-c1ccc(CNC(=O)[C@@H]2C[C@@H](O)CC2C(=O)[C@H]2NC(CCCCCCCCN3CCN(c4ccc(Nc5cc6c(N7CCC(CO)CC7)nc(Nc7ccc(F)cc7)nc6cn5)nc4)CC3)OC2(C)C)cc1. The maximum atomic E-state index is 14.1. The number of carbonyl (C=O) groups excluding carboxylic acids is 2. The number of pyridine rings is 2. The van der Waals surface area contributed by atoms with Gasteiger partial charge >= 0.3 is 0 Å². The molecule has 1 aliphatic carbocycles. The summed E-state index contributed by atoms with van der Waals surface area (Å²) in [6, 6.07) is 19.7. The van der Waals surface area contributed by atoms with Crippen LogP contribution >= 0.6 is 11.3 Å². The van der Waals surface area contributed by atoms with Gasteiger partial charge in [0.25, 0.3) is 0 Å². The molecule has 6 N–H and O–H groups in total. The van der Waals surface area contributed by atoms with Crippen LogP contribution in [-0.2, 0) is 20.9 Å². The second-order valence-electron chi connectivity index (χ2n) is 22.2. The molecule has 0 radical (unpaired) electrons. The van der Waals surface area contributed by atoms with Crippen molar-refractivity contribution in [3.05, 3.63) is 102 Å². The van der Waals surface area contributed by atoms with Gasteiger partial charge in [-0.05, 0) is 132 Å². The smallest absolute Gasteiger partial charge is 0.229 e. The molecule has 4 aliphatic rings. The number of amides is 1. The second kappa shape index (κ2) is 25.3. The van der Waals surface area contributed by atoms with E-state index in [1.165, 1.54) is 31.4 Å². The van der Waals surface area contributed by atoms with Gasteiger partial charge in [0.05, 0.1) is 63.3 Å². The fourth-order valence-corrected chi connectivity index (χ4v) is 12.5. The highest BCUT2D eigenvalue weighted by Gasteiger charge is 2.51. The van der Waals surface area contributed by atoms with E-state index in [0.29, 0.717) is 35.3 Å². The number of Topliss-reactive ketones (excluding diaryl/α,β-unsaturated/α-hetero) is 1. The number of aryl methyl sites for hydroxylation is 1. The van der Waals surface area contributed by atoms with E-state index in [9.17, 15) is 24.2 Å². The molecule has 17 nitrogen and oxygen atoms in total. The number of thiazole rings is 1. The Bertz CT molecular complexity index is 2950. The lowest BCUT2D eigenvalue weighted by Gasteiger charge is -2.36. The standard InChI is InChI=1S/C59H75FN12O5S/c1-38-54(78-37-64-38)41-13-11-39(12-14-41)33-63-57(76)47-31-45(74)30-46(47)53(75)55-59(2,3)77-52(68-55)10-8-6-4-5-7-9-23-70-26-28-71(29-27-70)44-19-20-50(61-34-44)67-51-32-48-49(35-62-51)66-58(65-43-17-15-42(60)16-18-43)69-56(48)72-24-21-40(36-73)22-25-72/h11-20,32,34-35,37,40,45-47,52,55,68,73-74H,4-10,21-31,33,36H2,1-3H3,(H,63,76)(H,61,62,67)(H,65,66,69)/t45-,46?,47+,52?,55+/m0/s1. The van der Waals surface area contributed by atoms with Gasteiger partial charge in [-0.2, -0.15) is 4.98 Å². The molecule has 1 saturated carbocycles. The maximum absolute atomic E-state index is 14.1. The van der Waals surface area contributed by atoms with Crippen molar-refractivity contribution in [2.24, 2.45) is 17.8 Å². The molecule has 2 unspecified atom stereocenters. The fraction of sp³-hybridized carbons (Fsp3) is 0.508. The topological polar surface area (TPSA) is 206 Å². The summed E-state index contributed by atoms with van der Waals surface area (Å²) in [5, 5.41) is 34.4. The zero-order chi connectivity index (χ0) is 54.2. The molecule has 19 heteroatoms. The van der Waals surface area contributed by atoms with Crippen LogP contribution in [0.15, 0.2) is 84.6 Å². The second-order valence-corrected chi connectivity index (χ2v) is 23.1. The number of rotatable bonds is 22. The minimum atomic E-state index is -0.722. The van der Waals surface area contributed by atoms with Gasteiger partial charge in [0.1, 0.15) is 29.5 Å². The minimum absolute atomic E-state index is 0.0465. The fourth-order valence-electron chi connectivity index (χ4n) is 11.7. The molecular weight excluding hydrogens is 1010 g/mol. The van der Waals surface area contributed by atoms with Crippen molar-refractivity contribution < 1.29 is 28.9 Å². The van der Waals surface area contributed by atoms with Crippen LogP contribution < -0.4 is 31.1 Å². The first-order valence-electron chi connectivity index (χ1n) is 28.0. The Hall–Kier alpha value is -6.22. The molecule has 4 fully saturated rings. The lowest BCUT2D eigenvalue weighted by Crippen LogP contribution is -2.50. The third-order valence-corrected chi connectivity index (χ3v) is 17.2. The molecule has 7 heterocycles. The van der Waals surface area contributed by atoms with Crippen LogP contribution in [0.25, 0.3) is 21.3 Å². The number of ether oxygens (including phenoxy) is 1. The van der Waals surface area contributed by atoms with Gasteiger partial charge in [-0.3, -0.25) is 19.8 Å². The van der Waals surface area contributed by atoms with Gasteiger partial charge < -0.3 is 40.7 Å². The van der Waals surface area contributed by atoms with Gasteiger partial charge in [-0.25, -0.2) is 24.3 Å². The van der Waals surface area contributed by atoms with Crippen LogP contribution in [-0.4, -0.2) is 128 Å². The number of hydrogen-bond acceptors (Lipinski definition) is 17. The molecule has 6 aromatic rings. The molecule has 4 aromatic heterocycles. The molecule has 3 aliphatic heterocycles. The van der Waals surface area contributed by atoms with Crippen LogP contribution in [0.4, 0.5) is 39.2 Å². The van der Waals surface area contributed by atoms with Crippen LogP contribution in [0.5, 0.6) is 0 Å². The highest BCUT2D eigenvalue weighted by molar-refractivity contribution is 7.13. The van der Waals surface area contributed by atoms with E-state index < -0.39 is 29.6 Å². The molecule has 10 rings (SSSR count). The average Bonchev–Trinajstić information content (AvgIpc) is 4.18. The predicted molar refractivity (Wildman–Crippen MR) is 305 cm³/mol. The lowest BCUT2D eigenvalue weighted by molar-refractivity contribution is -0.135. The molecule has 414 valence electrons. The van der Waals surface area contributed by atoms with Crippen LogP contribution in [0.2, 0.25) is 0 Å². The average molecular weight is 1080 g/mol. The summed E-state index contributed by atoms with van der Waals surface area (Å²) in [5.74, 6) is 1.07. The van der Waals surface area contributed by atoms with Crippen molar-refractivity contribution in [1.82, 2.24) is 40.5 Å². The van der Waals surface area contributed by atoms with E-state index in [0.717, 1.165) is 123 Å². The number of carbonyl (C=O) groups is 2. The number of anilines is 6. The number of nitrogens with zero attached hydrogens (tertiary/aromatic N) is 8. The number of benzene rings is 2. The van der Waals surface area contributed by atoms with Crippen molar-refractivity contribution in [1.29, 1.82) is 0 Å². The number of piperidine rings is 1. The zero-order valence-electron chi connectivity index (χ0n) is 45.2. The monoisotopic (exact) mass is 1080 g/mol. The molecule has 0 spiro atoms. The number of fused-ring (bicyclic) bond motifs is 1. The Balaban J connectivity index is 0.617. The predicted octanol–water partition coefficient (Wildman–Crippen LogP) is 8.91. The molecule has 0 bridgehead atoms. The minimum Gasteiger partial charge on any atom is -0.396 e. The van der Waals surface area contributed by atoms with E-state index >= 15 is 0 Å².